The Morgan fingerprint density at radius 2 is 1.72 bits per heavy atom. The molecular formula is C21H23NO3. The normalized spacial score (nSPS) is 30.8. The fourth-order valence-corrected chi connectivity index (χ4v) is 4.96. The molecule has 4 heteroatoms. The van der Waals surface area contributed by atoms with Gasteiger partial charge in [-0.15, -0.1) is 0 Å². The molecule has 1 fully saturated rings. The SMILES string of the molecule is CC(=O)c1cc2c(cc1C(C)=O)[C@@]1(C)CCC[C@@](C)(C#N)[C@@H]1CC2=O. The van der Waals surface area contributed by atoms with Crippen molar-refractivity contribution < 1.29 is 14.4 Å². The summed E-state index contributed by atoms with van der Waals surface area (Å²) in [5.41, 5.74) is 1.22. The van der Waals surface area contributed by atoms with Gasteiger partial charge in [0.2, 0.25) is 0 Å². The highest BCUT2D eigenvalue weighted by Gasteiger charge is 2.54. The van der Waals surface area contributed by atoms with Crippen LogP contribution in [0.15, 0.2) is 12.1 Å². The third kappa shape index (κ3) is 2.45. The molecule has 0 radical (unpaired) electrons. The maximum atomic E-state index is 12.8. The molecule has 4 nitrogen and oxygen atoms in total. The van der Waals surface area contributed by atoms with Crippen molar-refractivity contribution in [3.63, 3.8) is 0 Å². The zero-order valence-corrected chi connectivity index (χ0v) is 15.2. The first kappa shape index (κ1) is 17.5. The van der Waals surface area contributed by atoms with Crippen molar-refractivity contribution >= 4 is 17.3 Å². The van der Waals surface area contributed by atoms with Crippen LogP contribution in [0.1, 0.15) is 90.0 Å². The summed E-state index contributed by atoms with van der Waals surface area (Å²) in [6.45, 7) is 6.91. The van der Waals surface area contributed by atoms with Gasteiger partial charge in [0, 0.05) is 23.1 Å². The van der Waals surface area contributed by atoms with E-state index in [0.717, 1.165) is 24.8 Å². The smallest absolute Gasteiger partial charge is 0.163 e. The fraction of sp³-hybridized carbons (Fsp3) is 0.524. The van der Waals surface area contributed by atoms with Crippen LogP contribution in [0.5, 0.6) is 0 Å². The summed E-state index contributed by atoms with van der Waals surface area (Å²) < 4.78 is 0. The Morgan fingerprint density at radius 1 is 1.12 bits per heavy atom. The molecule has 2 aliphatic carbocycles. The zero-order valence-electron chi connectivity index (χ0n) is 15.2. The standard InChI is InChI=1S/C21H23NO3/c1-12(23)14-8-16-17(9-15(14)13(2)24)21(4)7-5-6-20(3,11-22)19(21)10-18(16)25/h8-9,19H,5-7,10H2,1-4H3/t19-,20-,21+/m0/s1. The third-order valence-electron chi connectivity index (χ3n) is 6.41. The fourth-order valence-electron chi connectivity index (χ4n) is 4.96. The lowest BCUT2D eigenvalue weighted by molar-refractivity contribution is 0.0555. The quantitative estimate of drug-likeness (QED) is 0.755. The van der Waals surface area contributed by atoms with Crippen LogP contribution in [0.3, 0.4) is 0 Å². The summed E-state index contributed by atoms with van der Waals surface area (Å²) in [5.74, 6) is -0.483. The van der Waals surface area contributed by atoms with Gasteiger partial charge in [-0.05, 0) is 62.6 Å². The summed E-state index contributed by atoms with van der Waals surface area (Å²) in [6, 6.07) is 5.81. The van der Waals surface area contributed by atoms with Crippen molar-refractivity contribution in [1.29, 1.82) is 5.26 Å². The lowest BCUT2D eigenvalue weighted by Crippen LogP contribution is -2.50. The Kier molecular flexibility index (Phi) is 3.95. The molecule has 0 aromatic heterocycles. The Balaban J connectivity index is 2.29. The zero-order chi connectivity index (χ0) is 18.6. The van der Waals surface area contributed by atoms with Crippen LogP contribution in [0.4, 0.5) is 0 Å². The van der Waals surface area contributed by atoms with E-state index < -0.39 is 5.41 Å². The van der Waals surface area contributed by atoms with Gasteiger partial charge in [0.15, 0.2) is 17.3 Å². The van der Waals surface area contributed by atoms with Gasteiger partial charge in [0.05, 0.1) is 11.5 Å². The predicted octanol–water partition coefficient (Wildman–Crippen LogP) is 4.27. The molecule has 25 heavy (non-hydrogen) atoms. The number of Topliss-reactive ketones (excluding diaryl/α,β-unsaturated/α-hetero) is 3. The van der Waals surface area contributed by atoms with E-state index in [4.69, 9.17) is 0 Å². The summed E-state index contributed by atoms with van der Waals surface area (Å²) in [5, 5.41) is 9.74. The topological polar surface area (TPSA) is 75.0 Å². The van der Waals surface area contributed by atoms with Crippen molar-refractivity contribution in [2.45, 2.75) is 58.8 Å². The number of hydrogen-bond acceptors (Lipinski definition) is 4. The summed E-state index contributed by atoms with van der Waals surface area (Å²) >= 11 is 0. The van der Waals surface area contributed by atoms with Crippen LogP contribution < -0.4 is 0 Å². The molecule has 3 atom stereocenters. The molecule has 0 unspecified atom stereocenters. The first-order valence-corrected chi connectivity index (χ1v) is 8.79. The van der Waals surface area contributed by atoms with Crippen molar-refractivity contribution in [1.82, 2.24) is 0 Å². The van der Waals surface area contributed by atoms with E-state index in [1.807, 2.05) is 6.92 Å². The van der Waals surface area contributed by atoms with Gasteiger partial charge in [0.25, 0.3) is 0 Å². The minimum absolute atomic E-state index is 0.0292. The van der Waals surface area contributed by atoms with E-state index in [1.165, 1.54) is 13.8 Å². The molecule has 3 rings (SSSR count). The molecule has 0 amide bonds. The van der Waals surface area contributed by atoms with Gasteiger partial charge < -0.3 is 0 Å². The van der Waals surface area contributed by atoms with Crippen LogP contribution in [0.2, 0.25) is 0 Å². The lowest BCUT2D eigenvalue weighted by atomic mass is 9.50. The van der Waals surface area contributed by atoms with E-state index in [2.05, 4.69) is 13.0 Å². The minimum atomic E-state index is -0.546. The number of nitrogens with zero attached hydrogens (tertiary/aromatic N) is 1. The molecule has 130 valence electrons. The number of carbonyl (C=O) groups is 3. The molecule has 2 aliphatic rings. The molecule has 1 aromatic carbocycles. The van der Waals surface area contributed by atoms with Crippen LogP contribution in [-0.2, 0) is 5.41 Å². The third-order valence-corrected chi connectivity index (χ3v) is 6.41. The number of carbonyl (C=O) groups excluding carboxylic acids is 3. The Morgan fingerprint density at radius 3 is 2.28 bits per heavy atom. The molecule has 0 N–H and O–H groups in total. The number of benzene rings is 1. The monoisotopic (exact) mass is 337 g/mol. The molecule has 1 aromatic rings. The van der Waals surface area contributed by atoms with Gasteiger partial charge in [-0.1, -0.05) is 13.3 Å². The molecule has 0 saturated heterocycles. The Hall–Kier alpha value is -2.28. The van der Waals surface area contributed by atoms with Crippen molar-refractivity contribution in [3.05, 3.63) is 34.4 Å². The second kappa shape index (κ2) is 5.62. The van der Waals surface area contributed by atoms with E-state index in [0.29, 0.717) is 23.1 Å². The van der Waals surface area contributed by atoms with Gasteiger partial charge >= 0.3 is 0 Å². The highest BCUT2D eigenvalue weighted by molar-refractivity contribution is 6.10. The van der Waals surface area contributed by atoms with E-state index in [-0.39, 0.29) is 28.7 Å². The number of nitriles is 1. The highest BCUT2D eigenvalue weighted by atomic mass is 16.1. The van der Waals surface area contributed by atoms with Gasteiger partial charge in [0.1, 0.15) is 0 Å². The van der Waals surface area contributed by atoms with Crippen molar-refractivity contribution in [3.8, 4) is 6.07 Å². The average molecular weight is 337 g/mol. The second-order valence-electron chi connectivity index (χ2n) is 8.04. The molecular weight excluding hydrogens is 314 g/mol. The van der Waals surface area contributed by atoms with Gasteiger partial charge in [-0.3, -0.25) is 14.4 Å². The number of fused-ring (bicyclic) bond motifs is 3. The Bertz CT molecular complexity index is 847. The molecule has 0 bridgehead atoms. The Labute approximate surface area is 148 Å². The van der Waals surface area contributed by atoms with E-state index >= 15 is 0 Å². The van der Waals surface area contributed by atoms with Crippen LogP contribution >= 0.6 is 0 Å². The second-order valence-corrected chi connectivity index (χ2v) is 8.04. The van der Waals surface area contributed by atoms with Crippen LogP contribution in [0, 0.1) is 22.7 Å². The van der Waals surface area contributed by atoms with Crippen LogP contribution in [0.25, 0.3) is 0 Å². The lowest BCUT2D eigenvalue weighted by Gasteiger charge is -2.52. The molecule has 0 heterocycles. The summed E-state index contributed by atoms with van der Waals surface area (Å²) in [6.07, 6.45) is 2.91. The minimum Gasteiger partial charge on any atom is -0.294 e. The molecule has 0 aliphatic heterocycles. The number of rotatable bonds is 2. The molecule has 1 saturated carbocycles. The predicted molar refractivity (Wildman–Crippen MR) is 93.8 cm³/mol. The number of hydrogen-bond donors (Lipinski definition) is 0. The van der Waals surface area contributed by atoms with Crippen LogP contribution in [-0.4, -0.2) is 17.3 Å². The van der Waals surface area contributed by atoms with E-state index in [9.17, 15) is 19.6 Å². The molecule has 0 spiro atoms. The maximum Gasteiger partial charge on any atom is 0.163 e. The van der Waals surface area contributed by atoms with Gasteiger partial charge in [-0.2, -0.15) is 5.26 Å². The highest BCUT2D eigenvalue weighted by Crippen LogP contribution is 2.57. The summed E-state index contributed by atoms with van der Waals surface area (Å²) in [4.78, 5) is 36.9. The largest absolute Gasteiger partial charge is 0.294 e. The van der Waals surface area contributed by atoms with E-state index in [1.54, 1.807) is 12.1 Å². The number of ketones is 3. The van der Waals surface area contributed by atoms with Crippen molar-refractivity contribution in [2.75, 3.05) is 0 Å². The van der Waals surface area contributed by atoms with Crippen molar-refractivity contribution in [2.24, 2.45) is 11.3 Å². The first-order chi connectivity index (χ1) is 11.6. The first-order valence-electron chi connectivity index (χ1n) is 8.79. The maximum absolute atomic E-state index is 12.8. The van der Waals surface area contributed by atoms with Gasteiger partial charge in [-0.25, -0.2) is 0 Å². The summed E-state index contributed by atoms with van der Waals surface area (Å²) in [7, 11) is 0. The average Bonchev–Trinajstić information content (AvgIpc) is 2.56.